The molecule has 6 rings (SSSR count). The maximum atomic E-state index is 13.7. The summed E-state index contributed by atoms with van der Waals surface area (Å²) in [6, 6.07) is 16.1. The highest BCUT2D eigenvalue weighted by molar-refractivity contribution is 5.86. The van der Waals surface area contributed by atoms with Crippen LogP contribution in [0.2, 0.25) is 0 Å². The quantitative estimate of drug-likeness (QED) is 0.0576. The first-order valence-corrected chi connectivity index (χ1v) is 21.0. The van der Waals surface area contributed by atoms with E-state index in [4.69, 9.17) is 19.4 Å². The van der Waals surface area contributed by atoms with Gasteiger partial charge in [0, 0.05) is 19.6 Å². The van der Waals surface area contributed by atoms with Crippen molar-refractivity contribution in [2.75, 3.05) is 32.8 Å². The lowest BCUT2D eigenvalue weighted by molar-refractivity contribution is -0.135. The maximum absolute atomic E-state index is 13.7. The Hall–Kier alpha value is -5.69. The van der Waals surface area contributed by atoms with Gasteiger partial charge in [-0.15, -0.1) is 13.2 Å². The van der Waals surface area contributed by atoms with Crippen LogP contribution in [0.4, 0.5) is 9.59 Å². The summed E-state index contributed by atoms with van der Waals surface area (Å²) in [5.74, 6) is 1.59. The molecule has 2 saturated heterocycles. The number of likely N-dealkylation sites (tertiary alicyclic amines) is 2. The molecule has 3 amide bonds. The molecular formula is C46H60N8O5. The van der Waals surface area contributed by atoms with Crippen LogP contribution in [0.5, 0.6) is 0 Å². The van der Waals surface area contributed by atoms with Crippen molar-refractivity contribution in [1.29, 1.82) is 0 Å². The van der Waals surface area contributed by atoms with Gasteiger partial charge >= 0.3 is 12.2 Å². The fourth-order valence-electron chi connectivity index (χ4n) is 7.83. The SMILES string of the molecule is C=CCCNC(=O)O[C@H](CN1CCC[C@H]1c1ncc(-c2ccc(-c3ccc(-c4cnc([C@@H]5CCCN5C(=O)[C@@H](NC(=O)OCCC=C)C(C)C)[nH]4)cc3)cc2)[nH]1)C(C)C. The third kappa shape index (κ3) is 10.9. The molecule has 4 atom stereocenters. The molecule has 0 aliphatic carbocycles. The Bertz CT molecular complexity index is 2020. The number of carbonyl (C=O) groups is 3. The lowest BCUT2D eigenvalue weighted by Gasteiger charge is -2.30. The van der Waals surface area contributed by atoms with E-state index in [0.29, 0.717) is 32.5 Å². The van der Waals surface area contributed by atoms with E-state index in [0.717, 1.165) is 77.5 Å². The van der Waals surface area contributed by atoms with Gasteiger partial charge in [0.25, 0.3) is 0 Å². The van der Waals surface area contributed by atoms with Crippen LogP contribution in [-0.2, 0) is 14.3 Å². The van der Waals surface area contributed by atoms with Crippen molar-refractivity contribution in [3.05, 3.63) is 97.9 Å². The van der Waals surface area contributed by atoms with Gasteiger partial charge in [-0.25, -0.2) is 19.6 Å². The second kappa shape index (κ2) is 20.3. The number of aromatic nitrogens is 4. The molecule has 314 valence electrons. The van der Waals surface area contributed by atoms with E-state index < -0.39 is 12.1 Å². The molecule has 13 nitrogen and oxygen atoms in total. The zero-order chi connectivity index (χ0) is 41.9. The molecule has 2 aromatic carbocycles. The zero-order valence-corrected chi connectivity index (χ0v) is 34.9. The summed E-state index contributed by atoms with van der Waals surface area (Å²) in [5.41, 5.74) is 6.06. The Morgan fingerprint density at radius 1 is 0.780 bits per heavy atom. The molecule has 0 bridgehead atoms. The zero-order valence-electron chi connectivity index (χ0n) is 34.9. The highest BCUT2D eigenvalue weighted by atomic mass is 16.6. The number of hydrogen-bond donors (Lipinski definition) is 4. The van der Waals surface area contributed by atoms with Crippen molar-refractivity contribution in [2.45, 2.75) is 90.4 Å². The summed E-state index contributed by atoms with van der Waals surface area (Å²) in [6.45, 7) is 18.3. The summed E-state index contributed by atoms with van der Waals surface area (Å²) in [6.07, 6.45) is 10.9. The minimum Gasteiger partial charge on any atom is -0.449 e. The van der Waals surface area contributed by atoms with Crippen LogP contribution < -0.4 is 10.6 Å². The van der Waals surface area contributed by atoms with E-state index in [2.05, 4.69) is 101 Å². The number of rotatable bonds is 18. The van der Waals surface area contributed by atoms with Crippen LogP contribution in [0.3, 0.4) is 0 Å². The summed E-state index contributed by atoms with van der Waals surface area (Å²) < 4.78 is 11.1. The third-order valence-electron chi connectivity index (χ3n) is 11.2. The van der Waals surface area contributed by atoms with E-state index in [1.165, 1.54) is 0 Å². The van der Waals surface area contributed by atoms with Crippen molar-refractivity contribution in [2.24, 2.45) is 11.8 Å². The second-order valence-electron chi connectivity index (χ2n) is 16.1. The first-order chi connectivity index (χ1) is 28.6. The normalized spacial score (nSPS) is 17.8. The Balaban J connectivity index is 1.06. The highest BCUT2D eigenvalue weighted by Gasteiger charge is 2.38. The number of alkyl carbamates (subject to hydrolysis) is 2. The Kier molecular flexibility index (Phi) is 14.8. The third-order valence-corrected chi connectivity index (χ3v) is 11.2. The van der Waals surface area contributed by atoms with E-state index in [9.17, 15) is 14.4 Å². The Labute approximate surface area is 348 Å². The molecule has 2 aliphatic rings. The molecule has 4 aromatic rings. The molecule has 0 saturated carbocycles. The smallest absolute Gasteiger partial charge is 0.407 e. The van der Waals surface area contributed by atoms with Gasteiger partial charge in [-0.05, 0) is 79.2 Å². The van der Waals surface area contributed by atoms with Gasteiger partial charge < -0.3 is 35.0 Å². The molecule has 13 heteroatoms. The number of nitrogens with zero attached hydrogens (tertiary/aromatic N) is 4. The fourth-order valence-corrected chi connectivity index (χ4v) is 7.83. The number of carbonyl (C=O) groups excluding carboxylic acids is 3. The van der Waals surface area contributed by atoms with Crippen molar-refractivity contribution in [1.82, 2.24) is 40.4 Å². The molecule has 0 unspecified atom stereocenters. The predicted molar refractivity (Wildman–Crippen MR) is 230 cm³/mol. The fraction of sp³-hybridized carbons (Fsp3) is 0.457. The summed E-state index contributed by atoms with van der Waals surface area (Å²) in [7, 11) is 0. The number of ether oxygens (including phenoxy) is 2. The van der Waals surface area contributed by atoms with E-state index >= 15 is 0 Å². The number of amides is 3. The summed E-state index contributed by atoms with van der Waals surface area (Å²) in [4.78, 5) is 59.3. The largest absolute Gasteiger partial charge is 0.449 e. The van der Waals surface area contributed by atoms with E-state index in [1.54, 1.807) is 12.2 Å². The van der Waals surface area contributed by atoms with Gasteiger partial charge in [-0.2, -0.15) is 0 Å². The molecule has 0 spiro atoms. The first kappa shape index (κ1) is 42.9. The molecule has 2 aromatic heterocycles. The van der Waals surface area contributed by atoms with Crippen LogP contribution in [0, 0.1) is 11.8 Å². The van der Waals surface area contributed by atoms with Gasteiger partial charge in [0.05, 0.1) is 42.5 Å². The summed E-state index contributed by atoms with van der Waals surface area (Å²) >= 11 is 0. The van der Waals surface area contributed by atoms with Crippen molar-refractivity contribution in [3.8, 4) is 33.6 Å². The maximum Gasteiger partial charge on any atom is 0.407 e. The molecular weight excluding hydrogens is 745 g/mol. The van der Waals surface area contributed by atoms with Crippen LogP contribution in [0.15, 0.2) is 86.2 Å². The number of H-pyrrole nitrogens is 2. The lowest BCUT2D eigenvalue weighted by atomic mass is 10.0. The van der Waals surface area contributed by atoms with Crippen molar-refractivity contribution in [3.63, 3.8) is 0 Å². The minimum absolute atomic E-state index is 0.116. The van der Waals surface area contributed by atoms with Gasteiger partial charge in [-0.3, -0.25) is 9.69 Å². The topological polar surface area (TPSA) is 158 Å². The summed E-state index contributed by atoms with van der Waals surface area (Å²) in [5, 5.41) is 5.59. The molecule has 2 fully saturated rings. The lowest BCUT2D eigenvalue weighted by Crippen LogP contribution is -2.51. The van der Waals surface area contributed by atoms with Gasteiger partial charge in [0.1, 0.15) is 23.8 Å². The monoisotopic (exact) mass is 804 g/mol. The van der Waals surface area contributed by atoms with E-state index in [-0.39, 0.29) is 48.6 Å². The highest BCUT2D eigenvalue weighted by Crippen LogP contribution is 2.35. The number of imidazole rings is 2. The molecule has 0 radical (unpaired) electrons. The average Bonchev–Trinajstić information content (AvgIpc) is 4.07. The van der Waals surface area contributed by atoms with Crippen LogP contribution in [0.25, 0.3) is 33.6 Å². The predicted octanol–water partition coefficient (Wildman–Crippen LogP) is 8.59. The van der Waals surface area contributed by atoms with Gasteiger partial charge in [-0.1, -0.05) is 88.4 Å². The second-order valence-corrected chi connectivity index (χ2v) is 16.1. The van der Waals surface area contributed by atoms with Crippen molar-refractivity contribution >= 4 is 18.1 Å². The van der Waals surface area contributed by atoms with Gasteiger partial charge in [0.15, 0.2) is 0 Å². The molecule has 4 heterocycles. The van der Waals surface area contributed by atoms with Crippen LogP contribution >= 0.6 is 0 Å². The van der Waals surface area contributed by atoms with Crippen molar-refractivity contribution < 1.29 is 23.9 Å². The Morgan fingerprint density at radius 3 is 1.92 bits per heavy atom. The molecule has 2 aliphatic heterocycles. The number of nitrogens with one attached hydrogen (secondary N) is 4. The molecule has 59 heavy (non-hydrogen) atoms. The standard InChI is InChI=1S/C46H60N8O5/c1-7-9-23-47-45(56)59-40(30(3)4)29-53-24-11-13-38(53)42-48-27-36(50-42)34-19-15-32(16-20-34)33-17-21-35(22-18-33)37-28-49-43(51-37)39-14-12-25-54(39)44(55)41(31(5)6)52-46(57)58-26-10-8-2/h7-8,15-22,27-28,30-31,38-41H,1-2,9-14,23-26,29H2,3-6H3,(H,47,56)(H,48,50)(H,49,51)(H,52,57)/t38-,39-,40+,41-/m0/s1. The number of aromatic amines is 2. The van der Waals surface area contributed by atoms with Crippen LogP contribution in [-0.4, -0.2) is 92.8 Å². The van der Waals surface area contributed by atoms with E-state index in [1.807, 2.05) is 31.1 Å². The Morgan fingerprint density at radius 2 is 1.34 bits per heavy atom. The first-order valence-electron chi connectivity index (χ1n) is 21.0. The van der Waals surface area contributed by atoms with Crippen LogP contribution in [0.1, 0.15) is 90.0 Å². The van der Waals surface area contributed by atoms with Gasteiger partial charge in [0.2, 0.25) is 5.91 Å². The minimum atomic E-state index is -0.702. The average molecular weight is 805 g/mol. The number of benzene rings is 2. The molecule has 4 N–H and O–H groups in total. The number of hydrogen-bond acceptors (Lipinski definition) is 8.